The average Bonchev–Trinajstić information content (AvgIpc) is 3.35. The van der Waals surface area contributed by atoms with E-state index >= 15 is 0 Å². The number of nitrogens with two attached hydrogens (primary N) is 4. The molecule has 1 aliphatic heterocycles. The van der Waals surface area contributed by atoms with E-state index in [-0.39, 0.29) is 77.0 Å². The Hall–Kier alpha value is -6.36. The number of carbonyl (C=O) groups is 10. The molecule has 21 N–H and O–H groups in total. The van der Waals surface area contributed by atoms with E-state index < -0.39 is 139 Å². The number of hydrogen-bond donors (Lipinski definition) is 17. The summed E-state index contributed by atoms with van der Waals surface area (Å²) in [5.41, 5.74) is 24.0. The van der Waals surface area contributed by atoms with Crippen molar-refractivity contribution in [2.24, 2.45) is 28.9 Å². The van der Waals surface area contributed by atoms with Crippen molar-refractivity contribution in [3.05, 3.63) is 35.9 Å². The lowest BCUT2D eigenvalue weighted by Gasteiger charge is -2.28. The van der Waals surface area contributed by atoms with Crippen LogP contribution < -0.4 is 81.4 Å². The quantitative estimate of drug-likeness (QED) is 0.0453. The number of hydrogen-bond acceptors (Lipinski definition) is 17. The fourth-order valence-electron chi connectivity index (χ4n) is 7.85. The van der Waals surface area contributed by atoms with Gasteiger partial charge >= 0.3 is 0 Å². The zero-order valence-electron chi connectivity index (χ0n) is 43.7. The third-order valence-electron chi connectivity index (χ3n) is 11.9. The minimum atomic E-state index is -1.66. The van der Waals surface area contributed by atoms with Crippen molar-refractivity contribution in [3.63, 3.8) is 0 Å². The largest absolute Gasteiger partial charge is 0.391 e. The predicted octanol–water partition coefficient (Wildman–Crippen LogP) is -6.69. The fourth-order valence-corrected chi connectivity index (χ4v) is 7.85. The smallest absolute Gasteiger partial charge is 0.245 e. The van der Waals surface area contributed by atoms with E-state index in [1.165, 1.54) is 13.8 Å². The summed E-state index contributed by atoms with van der Waals surface area (Å²) in [5.74, 6) is -8.90. The Morgan fingerprint density at radius 3 is 1.65 bits per heavy atom. The number of amides is 10. The molecule has 27 heteroatoms. The van der Waals surface area contributed by atoms with E-state index in [0.29, 0.717) is 18.5 Å². The second-order valence-corrected chi connectivity index (χ2v) is 18.9. The van der Waals surface area contributed by atoms with Gasteiger partial charge in [0.1, 0.15) is 54.4 Å². The second kappa shape index (κ2) is 34.3. The summed E-state index contributed by atoms with van der Waals surface area (Å²) >= 11 is 0. The minimum Gasteiger partial charge on any atom is -0.391 e. The second-order valence-electron chi connectivity index (χ2n) is 18.9. The third kappa shape index (κ3) is 23.0. The molecule has 0 bridgehead atoms. The molecule has 422 valence electrons. The van der Waals surface area contributed by atoms with Crippen LogP contribution in [0.15, 0.2) is 30.3 Å². The molecule has 0 spiro atoms. The maximum Gasteiger partial charge on any atom is 0.245 e. The standard InChI is InChI=1S/C48H83N15O12/c1-26(2)24-35-45(72)57-30(13-18-49)40(67)56-33(16-21-52)44(71)63-38(27(3)64)47(74)54-23-17-34(58-41(68)32(15-20-51)59-48(75)39(28(4)65)62-37(66)12-9-22-53-5)43(70)55-31(14-19-50)42(69)61-36(46(73)60-35)25-29-10-7-6-8-11-29/h6-8,10-11,26-28,30-36,38-39,53,64-65H,9,12-25,49-52H2,1-5H3,(H,54,74)(H,55,70)(H,56,67)(H,57,72)(H,58,68)(H,59,75)(H,60,73)(H,61,69)(H,62,66)(H,63,71)/t27?,28?,30-,31-,32-,33-,34-,35-,36+,38?,39-/m0/s1. The molecule has 27 nitrogen and oxygen atoms in total. The summed E-state index contributed by atoms with van der Waals surface area (Å²) in [6.07, 6.45) is -3.65. The van der Waals surface area contributed by atoms with Crippen LogP contribution >= 0.6 is 0 Å². The number of benzene rings is 1. The molecular weight excluding hydrogens is 979 g/mol. The summed E-state index contributed by atoms with van der Waals surface area (Å²) < 4.78 is 0. The summed E-state index contributed by atoms with van der Waals surface area (Å²) in [6, 6.07) is -4.50. The zero-order chi connectivity index (χ0) is 56.2. The molecule has 3 unspecified atom stereocenters. The highest BCUT2D eigenvalue weighted by molar-refractivity contribution is 5.99. The lowest BCUT2D eigenvalue weighted by Crippen LogP contribution is -2.61. The van der Waals surface area contributed by atoms with E-state index in [1.54, 1.807) is 51.2 Å². The number of nitrogens with one attached hydrogen (secondary N) is 11. The lowest BCUT2D eigenvalue weighted by molar-refractivity contribution is -0.136. The van der Waals surface area contributed by atoms with Crippen molar-refractivity contribution in [1.29, 1.82) is 0 Å². The van der Waals surface area contributed by atoms with Gasteiger partial charge in [-0.3, -0.25) is 47.9 Å². The highest BCUT2D eigenvalue weighted by Gasteiger charge is 2.37. The first-order valence-electron chi connectivity index (χ1n) is 25.5. The molecular formula is C48H83N15O12. The molecule has 1 aromatic rings. The van der Waals surface area contributed by atoms with Crippen LogP contribution in [0.4, 0.5) is 0 Å². The van der Waals surface area contributed by atoms with Crippen LogP contribution in [-0.4, -0.2) is 182 Å². The van der Waals surface area contributed by atoms with Crippen LogP contribution in [-0.2, 0) is 54.4 Å². The van der Waals surface area contributed by atoms with Crippen LogP contribution in [0.25, 0.3) is 0 Å². The molecule has 11 atom stereocenters. The van der Waals surface area contributed by atoms with Crippen LogP contribution in [0.2, 0.25) is 0 Å². The first-order valence-corrected chi connectivity index (χ1v) is 25.5. The normalized spacial score (nSPS) is 23.6. The summed E-state index contributed by atoms with van der Waals surface area (Å²) in [5, 5.41) is 49.5. The topological polar surface area (TPSA) is 448 Å². The Balaban J connectivity index is 2.73. The molecule has 10 amide bonds. The van der Waals surface area contributed by atoms with Crippen molar-refractivity contribution < 1.29 is 58.2 Å². The molecule has 1 fully saturated rings. The van der Waals surface area contributed by atoms with Gasteiger partial charge in [-0.2, -0.15) is 0 Å². The van der Waals surface area contributed by atoms with Gasteiger partial charge in [0, 0.05) is 19.4 Å². The molecule has 2 rings (SSSR count). The van der Waals surface area contributed by atoms with Gasteiger partial charge in [-0.15, -0.1) is 0 Å². The zero-order valence-corrected chi connectivity index (χ0v) is 43.7. The SMILES string of the molecule is CNCCCC(=O)N[C@H](C(=O)N[C@@H](CCN)C(=O)N[C@H]1CCNC(=O)C(C(C)O)NC(=O)[C@H](CCN)NC(=O)[C@H](CCN)NC(=O)[C@H](CC(C)C)NC(=O)[C@@H](Cc2ccccc2)NC(=O)[C@H](CCN)NC1=O)C(C)O. The first kappa shape index (κ1) is 64.8. The maximum absolute atomic E-state index is 14.4. The highest BCUT2D eigenvalue weighted by Crippen LogP contribution is 2.11. The van der Waals surface area contributed by atoms with Crippen LogP contribution in [0.3, 0.4) is 0 Å². The van der Waals surface area contributed by atoms with Crippen LogP contribution in [0.5, 0.6) is 0 Å². The molecule has 0 aromatic heterocycles. The third-order valence-corrected chi connectivity index (χ3v) is 11.9. The molecule has 0 radical (unpaired) electrons. The number of carbonyl (C=O) groups excluding carboxylic acids is 10. The summed E-state index contributed by atoms with van der Waals surface area (Å²) in [6.45, 7) is 5.56. The van der Waals surface area contributed by atoms with Gasteiger partial charge in [0.25, 0.3) is 0 Å². The Morgan fingerprint density at radius 2 is 1.15 bits per heavy atom. The van der Waals surface area contributed by atoms with Gasteiger partial charge in [0.2, 0.25) is 59.1 Å². The number of aliphatic hydroxyl groups excluding tert-OH is 2. The fraction of sp³-hybridized carbons (Fsp3) is 0.667. The highest BCUT2D eigenvalue weighted by atomic mass is 16.3. The van der Waals surface area contributed by atoms with E-state index in [1.807, 2.05) is 0 Å². The summed E-state index contributed by atoms with van der Waals surface area (Å²) in [7, 11) is 1.70. The molecule has 1 saturated heterocycles. The molecule has 1 aliphatic rings. The first-order chi connectivity index (χ1) is 35.6. The van der Waals surface area contributed by atoms with E-state index in [0.717, 1.165) is 0 Å². The van der Waals surface area contributed by atoms with Gasteiger partial charge in [-0.25, -0.2) is 0 Å². The molecule has 75 heavy (non-hydrogen) atoms. The Labute approximate surface area is 437 Å². The van der Waals surface area contributed by atoms with E-state index in [2.05, 4.69) is 58.5 Å². The monoisotopic (exact) mass is 1060 g/mol. The number of rotatable bonds is 23. The Kier molecular flexibility index (Phi) is 29.6. The van der Waals surface area contributed by atoms with Crippen molar-refractivity contribution in [2.75, 3.05) is 46.3 Å². The lowest BCUT2D eigenvalue weighted by atomic mass is 10.00. The van der Waals surface area contributed by atoms with Crippen LogP contribution in [0, 0.1) is 5.92 Å². The van der Waals surface area contributed by atoms with Gasteiger partial charge in [0.15, 0.2) is 0 Å². The van der Waals surface area contributed by atoms with Crippen molar-refractivity contribution in [2.45, 2.75) is 152 Å². The van der Waals surface area contributed by atoms with Crippen molar-refractivity contribution in [3.8, 4) is 0 Å². The van der Waals surface area contributed by atoms with Gasteiger partial charge in [-0.1, -0.05) is 44.2 Å². The van der Waals surface area contributed by atoms with Crippen molar-refractivity contribution in [1.82, 2.24) is 58.5 Å². The molecule has 1 aromatic carbocycles. The van der Waals surface area contributed by atoms with Crippen LogP contribution in [0.1, 0.15) is 84.6 Å². The maximum atomic E-state index is 14.4. The Bertz CT molecular complexity index is 2030. The van der Waals surface area contributed by atoms with Gasteiger partial charge < -0.3 is 91.6 Å². The predicted molar refractivity (Wildman–Crippen MR) is 276 cm³/mol. The Morgan fingerprint density at radius 1 is 0.640 bits per heavy atom. The van der Waals surface area contributed by atoms with Gasteiger partial charge in [-0.05, 0) is 110 Å². The molecule has 1 heterocycles. The van der Waals surface area contributed by atoms with E-state index in [4.69, 9.17) is 22.9 Å². The minimum absolute atomic E-state index is 0.0201. The van der Waals surface area contributed by atoms with E-state index in [9.17, 15) is 58.2 Å². The molecule has 0 saturated carbocycles. The van der Waals surface area contributed by atoms with Gasteiger partial charge in [0.05, 0.1) is 12.2 Å². The molecule has 0 aliphatic carbocycles. The van der Waals surface area contributed by atoms with Crippen molar-refractivity contribution >= 4 is 59.1 Å². The number of aliphatic hydroxyl groups is 2. The average molecular weight is 1060 g/mol. The summed E-state index contributed by atoms with van der Waals surface area (Å²) in [4.78, 5) is 139.